The molecule has 2 rings (SSSR count). The molecule has 2 heterocycles. The van der Waals surface area contributed by atoms with E-state index in [0.29, 0.717) is 11.6 Å². The zero-order valence-electron chi connectivity index (χ0n) is 9.69. The normalized spacial score (nSPS) is 10.3. The van der Waals surface area contributed by atoms with E-state index < -0.39 is 0 Å². The molecule has 0 bridgehead atoms. The van der Waals surface area contributed by atoms with Crippen molar-refractivity contribution in [3.8, 4) is 12.0 Å². The van der Waals surface area contributed by atoms with Gasteiger partial charge < -0.3 is 0 Å². The summed E-state index contributed by atoms with van der Waals surface area (Å²) in [5.74, 6) is 0.424. The van der Waals surface area contributed by atoms with Crippen LogP contribution in [0.25, 0.3) is 5.95 Å². The van der Waals surface area contributed by atoms with E-state index in [9.17, 15) is 0 Å². The molecule has 17 heavy (non-hydrogen) atoms. The second kappa shape index (κ2) is 4.26. The fourth-order valence-electron chi connectivity index (χ4n) is 1.52. The van der Waals surface area contributed by atoms with Crippen LogP contribution in [0.5, 0.6) is 0 Å². The average molecular weight is 292 g/mol. The van der Waals surface area contributed by atoms with Crippen LogP contribution in [0.2, 0.25) is 0 Å². The van der Waals surface area contributed by atoms with Gasteiger partial charge in [-0.2, -0.15) is 10.4 Å². The van der Waals surface area contributed by atoms with Gasteiger partial charge in [0.25, 0.3) is 5.95 Å². The van der Waals surface area contributed by atoms with Crippen LogP contribution in [0.15, 0.2) is 10.5 Å². The second-order valence-corrected chi connectivity index (χ2v) is 4.50. The fourth-order valence-corrected chi connectivity index (χ4v) is 1.77. The summed E-state index contributed by atoms with van der Waals surface area (Å²) < 4.78 is 2.56. The average Bonchev–Trinajstić information content (AvgIpc) is 2.56. The molecular formula is C11H10BrN5. The van der Waals surface area contributed by atoms with Crippen LogP contribution < -0.4 is 0 Å². The van der Waals surface area contributed by atoms with Crippen molar-refractivity contribution in [2.45, 2.75) is 20.8 Å². The van der Waals surface area contributed by atoms with Crippen LogP contribution in [-0.2, 0) is 0 Å². The number of nitriles is 1. The van der Waals surface area contributed by atoms with Crippen LogP contribution in [0, 0.1) is 32.1 Å². The topological polar surface area (TPSA) is 67.4 Å². The molecule has 0 aromatic carbocycles. The molecule has 2 aromatic heterocycles. The van der Waals surface area contributed by atoms with E-state index in [1.54, 1.807) is 10.7 Å². The predicted molar refractivity (Wildman–Crippen MR) is 65.8 cm³/mol. The minimum atomic E-state index is 0.344. The molecule has 86 valence electrons. The summed E-state index contributed by atoms with van der Waals surface area (Å²) in [5, 5.41) is 13.2. The highest BCUT2D eigenvalue weighted by Gasteiger charge is 2.13. The van der Waals surface area contributed by atoms with Gasteiger partial charge in [-0.1, -0.05) is 0 Å². The highest BCUT2D eigenvalue weighted by Crippen LogP contribution is 2.21. The number of nitrogens with zero attached hydrogens (tertiary/aromatic N) is 5. The van der Waals surface area contributed by atoms with E-state index in [4.69, 9.17) is 5.26 Å². The Labute approximate surface area is 107 Å². The number of hydrogen-bond donors (Lipinski definition) is 0. The first-order valence-electron chi connectivity index (χ1n) is 5.01. The summed E-state index contributed by atoms with van der Waals surface area (Å²) in [5.41, 5.74) is 2.87. The van der Waals surface area contributed by atoms with Crippen molar-refractivity contribution in [3.05, 3.63) is 33.3 Å². The first kappa shape index (κ1) is 11.7. The van der Waals surface area contributed by atoms with Gasteiger partial charge in [0, 0.05) is 5.69 Å². The standard InChI is InChI=1S/C11H10BrN5/c1-6-4-9(5-13)15-11(14-6)17-8(3)10(12)7(2)16-17/h4H,1-3H3. The maximum absolute atomic E-state index is 8.88. The summed E-state index contributed by atoms with van der Waals surface area (Å²) in [7, 11) is 0. The molecule has 0 radical (unpaired) electrons. The molecule has 0 saturated carbocycles. The van der Waals surface area contributed by atoms with Crippen molar-refractivity contribution >= 4 is 15.9 Å². The number of halogens is 1. The second-order valence-electron chi connectivity index (χ2n) is 3.70. The number of hydrogen-bond acceptors (Lipinski definition) is 4. The van der Waals surface area contributed by atoms with Crippen molar-refractivity contribution in [2.75, 3.05) is 0 Å². The third-order valence-corrected chi connectivity index (χ3v) is 3.50. The predicted octanol–water partition coefficient (Wildman–Crippen LogP) is 2.22. The lowest BCUT2D eigenvalue weighted by Gasteiger charge is -2.03. The Morgan fingerprint density at radius 1 is 1.29 bits per heavy atom. The van der Waals surface area contributed by atoms with Gasteiger partial charge in [0.2, 0.25) is 0 Å². The molecule has 0 unspecified atom stereocenters. The van der Waals surface area contributed by atoms with Gasteiger partial charge >= 0.3 is 0 Å². The minimum Gasteiger partial charge on any atom is -0.216 e. The molecular weight excluding hydrogens is 282 g/mol. The highest BCUT2D eigenvalue weighted by atomic mass is 79.9. The van der Waals surface area contributed by atoms with Crippen molar-refractivity contribution < 1.29 is 0 Å². The Morgan fingerprint density at radius 2 is 2.00 bits per heavy atom. The van der Waals surface area contributed by atoms with Crippen LogP contribution in [-0.4, -0.2) is 19.7 Å². The summed E-state index contributed by atoms with van der Waals surface area (Å²) >= 11 is 3.45. The molecule has 0 aliphatic heterocycles. The summed E-state index contributed by atoms with van der Waals surface area (Å²) in [6.07, 6.45) is 0. The van der Waals surface area contributed by atoms with Crippen LogP contribution in [0.1, 0.15) is 22.8 Å². The van der Waals surface area contributed by atoms with Crippen LogP contribution in [0.4, 0.5) is 0 Å². The zero-order chi connectivity index (χ0) is 12.6. The van der Waals surface area contributed by atoms with E-state index in [1.807, 2.05) is 26.8 Å². The third kappa shape index (κ3) is 2.06. The molecule has 0 N–H and O–H groups in total. The maximum atomic E-state index is 8.88. The summed E-state index contributed by atoms with van der Waals surface area (Å²) in [4.78, 5) is 8.43. The zero-order valence-corrected chi connectivity index (χ0v) is 11.3. The van der Waals surface area contributed by atoms with Gasteiger partial charge in [-0.3, -0.25) is 0 Å². The smallest absolute Gasteiger partial charge is 0.216 e. The van der Waals surface area contributed by atoms with Gasteiger partial charge in [0.1, 0.15) is 11.8 Å². The van der Waals surface area contributed by atoms with Gasteiger partial charge in [0.05, 0.1) is 15.9 Å². The molecule has 0 aliphatic carbocycles. The summed E-state index contributed by atoms with van der Waals surface area (Å²) in [6.45, 7) is 5.64. The van der Waals surface area contributed by atoms with Crippen molar-refractivity contribution in [3.63, 3.8) is 0 Å². The molecule has 0 aliphatic rings. The molecule has 0 amide bonds. The quantitative estimate of drug-likeness (QED) is 0.808. The van der Waals surface area contributed by atoms with E-state index in [1.165, 1.54) is 0 Å². The minimum absolute atomic E-state index is 0.344. The molecule has 0 atom stereocenters. The number of aromatic nitrogens is 4. The Morgan fingerprint density at radius 3 is 2.53 bits per heavy atom. The highest BCUT2D eigenvalue weighted by molar-refractivity contribution is 9.10. The Balaban J connectivity index is 2.65. The van der Waals surface area contributed by atoms with Crippen molar-refractivity contribution in [1.82, 2.24) is 19.7 Å². The first-order chi connectivity index (χ1) is 8.02. The molecule has 0 fully saturated rings. The SMILES string of the molecule is Cc1cc(C#N)nc(-n2nc(C)c(Br)c2C)n1. The fraction of sp³-hybridized carbons (Fsp3) is 0.273. The van der Waals surface area contributed by atoms with Crippen LogP contribution >= 0.6 is 15.9 Å². The van der Waals surface area contributed by atoms with Gasteiger partial charge in [0.15, 0.2) is 0 Å². The van der Waals surface area contributed by atoms with E-state index in [-0.39, 0.29) is 0 Å². The lowest BCUT2D eigenvalue weighted by molar-refractivity contribution is 0.766. The van der Waals surface area contributed by atoms with Crippen molar-refractivity contribution in [1.29, 1.82) is 5.26 Å². The Kier molecular flexibility index (Phi) is 2.94. The summed E-state index contributed by atoms with van der Waals surface area (Å²) in [6, 6.07) is 3.66. The molecule has 0 spiro atoms. The van der Waals surface area contributed by atoms with E-state index in [0.717, 1.165) is 21.6 Å². The Hall–Kier alpha value is -1.74. The lowest BCUT2D eigenvalue weighted by Crippen LogP contribution is -2.07. The molecule has 2 aromatic rings. The van der Waals surface area contributed by atoms with Crippen molar-refractivity contribution in [2.24, 2.45) is 0 Å². The van der Waals surface area contributed by atoms with Gasteiger partial charge in [-0.25, -0.2) is 14.6 Å². The Bertz CT molecular complexity index is 624. The monoisotopic (exact) mass is 291 g/mol. The van der Waals surface area contributed by atoms with Gasteiger partial charge in [-0.05, 0) is 42.8 Å². The molecule has 5 nitrogen and oxygen atoms in total. The third-order valence-electron chi connectivity index (χ3n) is 2.35. The van der Waals surface area contributed by atoms with E-state index in [2.05, 4.69) is 31.0 Å². The van der Waals surface area contributed by atoms with Gasteiger partial charge in [-0.15, -0.1) is 0 Å². The molecule has 0 saturated heterocycles. The lowest BCUT2D eigenvalue weighted by atomic mass is 10.3. The maximum Gasteiger partial charge on any atom is 0.252 e. The largest absolute Gasteiger partial charge is 0.252 e. The first-order valence-corrected chi connectivity index (χ1v) is 5.80. The molecule has 6 heteroatoms. The number of rotatable bonds is 1. The van der Waals surface area contributed by atoms with E-state index >= 15 is 0 Å². The number of aryl methyl sites for hydroxylation is 2. The van der Waals surface area contributed by atoms with Crippen LogP contribution in [0.3, 0.4) is 0 Å².